The summed E-state index contributed by atoms with van der Waals surface area (Å²) in [5.74, 6) is -1.11. The molecule has 0 heterocycles. The van der Waals surface area contributed by atoms with Crippen molar-refractivity contribution in [2.45, 2.75) is 20.3 Å². The molecular formula is C9H12F2. The van der Waals surface area contributed by atoms with Gasteiger partial charge in [0.15, 0.2) is 0 Å². The van der Waals surface area contributed by atoms with Gasteiger partial charge in [-0.25, -0.2) is 8.78 Å². The SMILES string of the molecule is C=CC(F)=C(C)C(F)=CCC. The van der Waals surface area contributed by atoms with Gasteiger partial charge in [0.2, 0.25) is 0 Å². The second-order valence-corrected chi connectivity index (χ2v) is 2.14. The Morgan fingerprint density at radius 3 is 2.36 bits per heavy atom. The molecule has 0 saturated heterocycles. The number of halogens is 2. The summed E-state index contributed by atoms with van der Waals surface area (Å²) >= 11 is 0. The summed E-state index contributed by atoms with van der Waals surface area (Å²) in [6, 6.07) is 0. The summed E-state index contributed by atoms with van der Waals surface area (Å²) in [6.07, 6.45) is 2.89. The van der Waals surface area contributed by atoms with Crippen LogP contribution >= 0.6 is 0 Å². The minimum absolute atomic E-state index is 0.0156. The van der Waals surface area contributed by atoms with Gasteiger partial charge in [0.05, 0.1) is 0 Å². The Morgan fingerprint density at radius 2 is 2.00 bits per heavy atom. The molecule has 0 atom stereocenters. The second kappa shape index (κ2) is 4.83. The Bertz CT molecular complexity index is 200. The van der Waals surface area contributed by atoms with Crippen LogP contribution in [0, 0.1) is 0 Å². The molecule has 62 valence electrons. The van der Waals surface area contributed by atoms with Crippen LogP contribution in [0.2, 0.25) is 0 Å². The molecule has 0 aliphatic carbocycles. The van der Waals surface area contributed by atoms with Crippen molar-refractivity contribution in [3.8, 4) is 0 Å². The molecule has 0 rings (SSSR count). The number of hydrogen-bond acceptors (Lipinski definition) is 0. The molecule has 0 unspecified atom stereocenters. The van der Waals surface area contributed by atoms with Crippen LogP contribution in [-0.2, 0) is 0 Å². The number of allylic oxidation sites excluding steroid dienone is 5. The third-order valence-corrected chi connectivity index (χ3v) is 1.28. The molecule has 0 radical (unpaired) electrons. The van der Waals surface area contributed by atoms with E-state index in [0.717, 1.165) is 6.08 Å². The van der Waals surface area contributed by atoms with Crippen LogP contribution in [0.5, 0.6) is 0 Å². The van der Waals surface area contributed by atoms with Crippen molar-refractivity contribution in [2.75, 3.05) is 0 Å². The molecule has 0 aromatic carbocycles. The molecule has 0 saturated carbocycles. The molecule has 0 aromatic rings. The molecule has 0 aliphatic rings. The predicted molar refractivity (Wildman–Crippen MR) is 43.5 cm³/mol. The van der Waals surface area contributed by atoms with Gasteiger partial charge in [-0.15, -0.1) is 0 Å². The smallest absolute Gasteiger partial charge is 0.128 e. The van der Waals surface area contributed by atoms with Gasteiger partial charge in [0.1, 0.15) is 11.7 Å². The van der Waals surface area contributed by atoms with E-state index in [4.69, 9.17) is 0 Å². The van der Waals surface area contributed by atoms with Crippen molar-refractivity contribution in [3.63, 3.8) is 0 Å². The Labute approximate surface area is 65.9 Å². The molecule has 2 heteroatoms. The van der Waals surface area contributed by atoms with Crippen LogP contribution in [0.4, 0.5) is 8.78 Å². The highest BCUT2D eigenvalue weighted by molar-refractivity contribution is 5.30. The summed E-state index contributed by atoms with van der Waals surface area (Å²) in [7, 11) is 0. The molecule has 0 spiro atoms. The van der Waals surface area contributed by atoms with Crippen molar-refractivity contribution in [2.24, 2.45) is 0 Å². The first-order chi connectivity index (χ1) is 5.13. The van der Waals surface area contributed by atoms with E-state index in [9.17, 15) is 8.78 Å². The minimum atomic E-state index is -0.604. The molecule has 0 N–H and O–H groups in total. The van der Waals surface area contributed by atoms with E-state index in [1.807, 2.05) is 0 Å². The number of hydrogen-bond donors (Lipinski definition) is 0. The van der Waals surface area contributed by atoms with Crippen LogP contribution in [0.1, 0.15) is 20.3 Å². The normalized spacial score (nSPS) is 14.4. The minimum Gasteiger partial charge on any atom is -0.207 e. The van der Waals surface area contributed by atoms with Gasteiger partial charge in [0, 0.05) is 5.57 Å². The van der Waals surface area contributed by atoms with E-state index in [0.29, 0.717) is 6.42 Å². The molecule has 0 aromatic heterocycles. The lowest BCUT2D eigenvalue weighted by Crippen LogP contribution is -1.80. The quantitative estimate of drug-likeness (QED) is 0.549. The summed E-state index contributed by atoms with van der Waals surface area (Å²) < 4.78 is 25.3. The first kappa shape index (κ1) is 10.1. The molecule has 0 fully saturated rings. The van der Waals surface area contributed by atoms with Crippen molar-refractivity contribution in [1.29, 1.82) is 0 Å². The Kier molecular flexibility index (Phi) is 4.42. The van der Waals surface area contributed by atoms with Crippen LogP contribution in [0.25, 0.3) is 0 Å². The van der Waals surface area contributed by atoms with Gasteiger partial charge in [0.25, 0.3) is 0 Å². The zero-order valence-corrected chi connectivity index (χ0v) is 6.82. The second-order valence-electron chi connectivity index (χ2n) is 2.14. The summed E-state index contributed by atoms with van der Waals surface area (Å²) in [4.78, 5) is 0. The average molecular weight is 158 g/mol. The van der Waals surface area contributed by atoms with Crippen LogP contribution in [-0.4, -0.2) is 0 Å². The molecular weight excluding hydrogens is 146 g/mol. The van der Waals surface area contributed by atoms with Crippen molar-refractivity contribution in [3.05, 3.63) is 36.0 Å². The first-order valence-corrected chi connectivity index (χ1v) is 3.48. The third kappa shape index (κ3) is 3.12. The molecule has 0 nitrogen and oxygen atoms in total. The van der Waals surface area contributed by atoms with E-state index in [1.54, 1.807) is 6.92 Å². The summed E-state index contributed by atoms with van der Waals surface area (Å²) in [5.41, 5.74) is 0.0156. The van der Waals surface area contributed by atoms with E-state index in [-0.39, 0.29) is 5.57 Å². The zero-order chi connectivity index (χ0) is 8.85. The van der Waals surface area contributed by atoms with Gasteiger partial charge in [-0.1, -0.05) is 13.5 Å². The summed E-state index contributed by atoms with van der Waals surface area (Å²) in [6.45, 7) is 6.38. The van der Waals surface area contributed by atoms with Crippen molar-refractivity contribution in [1.82, 2.24) is 0 Å². The maximum Gasteiger partial charge on any atom is 0.128 e. The van der Waals surface area contributed by atoms with E-state index < -0.39 is 11.7 Å². The van der Waals surface area contributed by atoms with Gasteiger partial charge in [-0.2, -0.15) is 0 Å². The topological polar surface area (TPSA) is 0 Å². The molecule has 0 bridgehead atoms. The highest BCUT2D eigenvalue weighted by Crippen LogP contribution is 2.17. The third-order valence-electron chi connectivity index (χ3n) is 1.28. The average Bonchev–Trinajstić information content (AvgIpc) is 2.02. The van der Waals surface area contributed by atoms with Gasteiger partial charge in [-0.3, -0.25) is 0 Å². The van der Waals surface area contributed by atoms with E-state index in [2.05, 4.69) is 6.58 Å². The highest BCUT2D eigenvalue weighted by atomic mass is 19.1. The van der Waals surface area contributed by atoms with Crippen molar-refractivity contribution < 1.29 is 8.78 Å². The maximum atomic E-state index is 12.7. The first-order valence-electron chi connectivity index (χ1n) is 3.48. The number of rotatable bonds is 3. The monoisotopic (exact) mass is 158 g/mol. The Balaban J connectivity index is 4.59. The predicted octanol–water partition coefficient (Wildman–Crippen LogP) is 3.68. The van der Waals surface area contributed by atoms with Crippen LogP contribution in [0.15, 0.2) is 36.0 Å². The van der Waals surface area contributed by atoms with E-state index in [1.165, 1.54) is 13.0 Å². The van der Waals surface area contributed by atoms with E-state index >= 15 is 0 Å². The lowest BCUT2D eigenvalue weighted by atomic mass is 10.2. The maximum absolute atomic E-state index is 12.7. The fourth-order valence-corrected chi connectivity index (χ4v) is 0.599. The lowest BCUT2D eigenvalue weighted by molar-refractivity contribution is 0.607. The standard InChI is InChI=1S/C9H12F2/c1-4-6-9(11)7(3)8(10)5-2/h5-6H,2,4H2,1,3H3. The zero-order valence-electron chi connectivity index (χ0n) is 6.82. The molecule has 0 aliphatic heterocycles. The van der Waals surface area contributed by atoms with Crippen LogP contribution in [0.3, 0.4) is 0 Å². The van der Waals surface area contributed by atoms with Crippen LogP contribution < -0.4 is 0 Å². The fourth-order valence-electron chi connectivity index (χ4n) is 0.599. The van der Waals surface area contributed by atoms with Gasteiger partial charge in [-0.05, 0) is 25.5 Å². The lowest BCUT2D eigenvalue weighted by Gasteiger charge is -1.96. The van der Waals surface area contributed by atoms with Gasteiger partial charge < -0.3 is 0 Å². The largest absolute Gasteiger partial charge is 0.207 e. The molecule has 11 heavy (non-hydrogen) atoms. The summed E-state index contributed by atoms with van der Waals surface area (Å²) in [5, 5.41) is 0. The highest BCUT2D eigenvalue weighted by Gasteiger charge is 2.01. The fraction of sp³-hybridized carbons (Fsp3) is 0.333. The van der Waals surface area contributed by atoms with Gasteiger partial charge >= 0.3 is 0 Å². The molecule has 0 amide bonds. The van der Waals surface area contributed by atoms with Crippen molar-refractivity contribution >= 4 is 0 Å². The Morgan fingerprint density at radius 1 is 1.45 bits per heavy atom. The Hall–Kier alpha value is -0.920.